The Labute approximate surface area is 131 Å². The predicted molar refractivity (Wildman–Crippen MR) is 73.9 cm³/mol. The van der Waals surface area contributed by atoms with Crippen LogP contribution < -0.4 is 0 Å². The molecule has 0 amide bonds. The van der Waals surface area contributed by atoms with Crippen molar-refractivity contribution in [3.8, 4) is 0 Å². The molecule has 0 bridgehead atoms. The van der Waals surface area contributed by atoms with E-state index in [1.807, 2.05) is 0 Å². The summed E-state index contributed by atoms with van der Waals surface area (Å²) in [5.74, 6) is -8.14. The van der Waals surface area contributed by atoms with Crippen molar-refractivity contribution in [1.82, 2.24) is 0 Å². The van der Waals surface area contributed by atoms with Crippen molar-refractivity contribution >= 4 is 23.9 Å². The second kappa shape index (κ2) is 8.95. The van der Waals surface area contributed by atoms with E-state index in [4.69, 9.17) is 0 Å². The molecule has 1 unspecified atom stereocenters. The van der Waals surface area contributed by atoms with Gasteiger partial charge in [0.05, 0.1) is 0 Å². The zero-order chi connectivity index (χ0) is 18.0. The summed E-state index contributed by atoms with van der Waals surface area (Å²) in [4.78, 5) is 45.3. The highest BCUT2D eigenvalue weighted by Gasteiger charge is 2.53. The van der Waals surface area contributed by atoms with Crippen LogP contribution in [0.3, 0.4) is 0 Å². The molecule has 0 aromatic rings. The van der Waals surface area contributed by atoms with Gasteiger partial charge in [0.25, 0.3) is 0 Å². The Morgan fingerprint density at radius 3 is 1.30 bits per heavy atom. The number of esters is 4. The van der Waals surface area contributed by atoms with Crippen LogP contribution in [0.25, 0.3) is 0 Å². The first-order valence-corrected chi connectivity index (χ1v) is 5.82. The molecule has 0 aliphatic carbocycles. The third-order valence-corrected chi connectivity index (χ3v) is 1.93. The van der Waals surface area contributed by atoms with E-state index in [-0.39, 0.29) is 0 Å². The molecule has 0 heterocycles. The van der Waals surface area contributed by atoms with Crippen LogP contribution in [0, 0.1) is 0 Å². The van der Waals surface area contributed by atoms with Crippen LogP contribution in [0.5, 0.6) is 0 Å². The summed E-state index contributed by atoms with van der Waals surface area (Å²) in [5, 5.41) is 9.87. The monoisotopic (exact) mass is 326 g/mol. The summed E-state index contributed by atoms with van der Waals surface area (Å²) in [6.07, 6.45) is -0.0564. The Hall–Kier alpha value is -3.20. The highest BCUT2D eigenvalue weighted by atomic mass is 16.9. The molecule has 0 rings (SSSR count). The maximum Gasteiger partial charge on any atom is 0.491 e. The molecular weight excluding hydrogens is 312 g/mol. The SMILES string of the molecule is C=CC(=O)OC(O)C(OC(=O)C=C)(OC(=O)C=C)OC(=O)C=C. The molecule has 23 heavy (non-hydrogen) atoms. The second-order valence-corrected chi connectivity index (χ2v) is 3.47. The molecule has 0 saturated carbocycles. The summed E-state index contributed by atoms with van der Waals surface area (Å²) in [5.41, 5.74) is 0. The molecule has 0 fully saturated rings. The molecule has 0 spiro atoms. The van der Waals surface area contributed by atoms with Gasteiger partial charge in [-0.25, -0.2) is 19.2 Å². The average molecular weight is 326 g/mol. The molecule has 9 heteroatoms. The summed E-state index contributed by atoms with van der Waals surface area (Å²) >= 11 is 0. The molecule has 0 aliphatic heterocycles. The summed E-state index contributed by atoms with van der Waals surface area (Å²) in [6, 6.07) is 0. The fourth-order valence-corrected chi connectivity index (χ4v) is 0.990. The first-order chi connectivity index (χ1) is 10.7. The first kappa shape index (κ1) is 19.8. The van der Waals surface area contributed by atoms with Gasteiger partial charge in [-0.15, -0.1) is 0 Å². The van der Waals surface area contributed by atoms with Crippen molar-refractivity contribution in [1.29, 1.82) is 0 Å². The smallest absolute Gasteiger partial charge is 0.420 e. The number of hydrogen-bond acceptors (Lipinski definition) is 9. The van der Waals surface area contributed by atoms with E-state index in [1.165, 1.54) is 0 Å². The van der Waals surface area contributed by atoms with Gasteiger partial charge in [-0.3, -0.25) is 0 Å². The number of aliphatic hydroxyl groups excluding tert-OH is 1. The van der Waals surface area contributed by atoms with Crippen LogP contribution in [-0.4, -0.2) is 41.2 Å². The largest absolute Gasteiger partial charge is 0.491 e. The molecule has 0 radical (unpaired) electrons. The van der Waals surface area contributed by atoms with E-state index in [0.29, 0.717) is 24.3 Å². The first-order valence-electron chi connectivity index (χ1n) is 5.82. The lowest BCUT2D eigenvalue weighted by atomic mass is 10.4. The number of aliphatic hydroxyl groups is 1. The van der Waals surface area contributed by atoms with Gasteiger partial charge in [0.15, 0.2) is 0 Å². The van der Waals surface area contributed by atoms with Crippen LogP contribution in [0.1, 0.15) is 0 Å². The molecule has 124 valence electrons. The van der Waals surface area contributed by atoms with E-state index in [1.54, 1.807) is 0 Å². The quantitative estimate of drug-likeness (QED) is 0.350. The van der Waals surface area contributed by atoms with Gasteiger partial charge in [0.1, 0.15) is 0 Å². The fraction of sp³-hybridized carbons (Fsp3) is 0.143. The molecular formula is C14H14O9. The Morgan fingerprint density at radius 1 is 0.739 bits per heavy atom. The van der Waals surface area contributed by atoms with Crippen LogP contribution >= 0.6 is 0 Å². The van der Waals surface area contributed by atoms with Gasteiger partial charge < -0.3 is 24.1 Å². The van der Waals surface area contributed by atoms with Crippen LogP contribution in [0.4, 0.5) is 0 Å². The minimum atomic E-state index is -3.14. The number of rotatable bonds is 9. The maximum absolute atomic E-state index is 11.4. The maximum atomic E-state index is 11.4. The molecule has 0 aromatic carbocycles. The number of ether oxygens (including phenoxy) is 4. The molecule has 1 N–H and O–H groups in total. The van der Waals surface area contributed by atoms with Crippen molar-refractivity contribution in [2.45, 2.75) is 12.3 Å². The van der Waals surface area contributed by atoms with Gasteiger partial charge in [-0.1, -0.05) is 26.3 Å². The fourth-order valence-electron chi connectivity index (χ4n) is 0.990. The highest BCUT2D eigenvalue weighted by molar-refractivity contribution is 5.85. The van der Waals surface area contributed by atoms with Gasteiger partial charge >= 0.3 is 36.1 Å². The molecule has 0 aromatic heterocycles. The topological polar surface area (TPSA) is 125 Å². The Morgan fingerprint density at radius 2 is 1.04 bits per heavy atom. The molecule has 9 nitrogen and oxygen atoms in total. The normalized spacial score (nSPS) is 11.2. The van der Waals surface area contributed by atoms with E-state index in [2.05, 4.69) is 45.3 Å². The summed E-state index contributed by atoms with van der Waals surface area (Å²) in [7, 11) is 0. The predicted octanol–water partition coefficient (Wildman–Crippen LogP) is -0.125. The lowest BCUT2D eigenvalue weighted by Gasteiger charge is -2.32. The average Bonchev–Trinajstić information content (AvgIpc) is 2.53. The van der Waals surface area contributed by atoms with Gasteiger partial charge in [-0.05, 0) is 0 Å². The van der Waals surface area contributed by atoms with Crippen molar-refractivity contribution in [2.24, 2.45) is 0 Å². The van der Waals surface area contributed by atoms with Crippen LogP contribution in [0.2, 0.25) is 0 Å². The molecule has 1 atom stereocenters. The van der Waals surface area contributed by atoms with E-state index >= 15 is 0 Å². The number of hydrogen-bond donors (Lipinski definition) is 1. The molecule has 0 aliphatic rings. The van der Waals surface area contributed by atoms with Gasteiger partial charge in [-0.2, -0.15) is 0 Å². The Kier molecular flexibility index (Phi) is 7.70. The number of carbonyl (C=O) groups is 4. The zero-order valence-corrected chi connectivity index (χ0v) is 11.9. The minimum Gasteiger partial charge on any atom is -0.420 e. The zero-order valence-electron chi connectivity index (χ0n) is 11.9. The summed E-state index contributed by atoms with van der Waals surface area (Å²) < 4.78 is 18.0. The van der Waals surface area contributed by atoms with E-state index in [0.717, 1.165) is 0 Å². The standard InChI is InChI=1S/C14H14O9/c1-5-9(15)20-13(19)14(21-10(16)6-2,22-11(17)7-3)23-12(18)8-4/h5-8,13,19H,1-4H2. The highest BCUT2D eigenvalue weighted by Crippen LogP contribution is 2.24. The minimum absolute atomic E-state index is 0.611. The second-order valence-electron chi connectivity index (χ2n) is 3.47. The van der Waals surface area contributed by atoms with E-state index in [9.17, 15) is 24.3 Å². The van der Waals surface area contributed by atoms with Crippen molar-refractivity contribution in [2.75, 3.05) is 0 Å². The van der Waals surface area contributed by atoms with Crippen molar-refractivity contribution in [3.05, 3.63) is 50.6 Å². The van der Waals surface area contributed by atoms with Gasteiger partial charge in [0, 0.05) is 24.3 Å². The Bertz CT molecular complexity index is 491. The van der Waals surface area contributed by atoms with Crippen molar-refractivity contribution in [3.63, 3.8) is 0 Å². The third kappa shape index (κ3) is 5.98. The third-order valence-electron chi connectivity index (χ3n) is 1.93. The lowest BCUT2D eigenvalue weighted by molar-refractivity contribution is -0.394. The number of carbonyl (C=O) groups excluding carboxylic acids is 4. The molecule has 0 saturated heterocycles. The summed E-state index contributed by atoms with van der Waals surface area (Å²) in [6.45, 7) is 12.3. The van der Waals surface area contributed by atoms with Crippen LogP contribution in [-0.2, 0) is 38.1 Å². The van der Waals surface area contributed by atoms with E-state index < -0.39 is 36.1 Å². The van der Waals surface area contributed by atoms with Crippen molar-refractivity contribution < 1.29 is 43.2 Å². The van der Waals surface area contributed by atoms with Gasteiger partial charge in [0.2, 0.25) is 0 Å². The van der Waals surface area contributed by atoms with Crippen LogP contribution in [0.15, 0.2) is 50.6 Å². The lowest BCUT2D eigenvalue weighted by Crippen LogP contribution is -2.54. The Balaban J connectivity index is 5.84.